The van der Waals surface area contributed by atoms with E-state index in [2.05, 4.69) is 4.98 Å². The van der Waals surface area contributed by atoms with Crippen LogP contribution < -0.4 is 5.73 Å². The van der Waals surface area contributed by atoms with E-state index in [4.69, 9.17) is 11.1 Å². The molecule has 3 aromatic rings. The molecular weight excluding hydrogens is 282 g/mol. The van der Waals surface area contributed by atoms with Crippen LogP contribution in [0, 0.1) is 5.41 Å². The maximum Gasteiger partial charge on any atom is 0.0632 e. The summed E-state index contributed by atoms with van der Waals surface area (Å²) in [6, 6.07) is 21.5. The molecule has 0 atom stereocenters. The van der Waals surface area contributed by atoms with Gasteiger partial charge in [0.05, 0.1) is 5.71 Å². The number of nitrogens with zero attached hydrogens (tertiary/aromatic N) is 1. The van der Waals surface area contributed by atoms with Crippen molar-refractivity contribution in [1.29, 1.82) is 5.41 Å². The fraction of sp³-hybridized carbons (Fsp3) is 0. The minimum atomic E-state index is 0.402. The third kappa shape index (κ3) is 3.52. The normalized spacial score (nSPS) is 11.2. The minimum absolute atomic E-state index is 0.402. The van der Waals surface area contributed by atoms with Gasteiger partial charge < -0.3 is 11.1 Å². The molecule has 0 saturated carbocycles. The molecule has 0 spiro atoms. The first-order valence-electron chi connectivity index (χ1n) is 7.36. The molecule has 3 rings (SSSR count). The Bertz CT molecular complexity index is 820. The van der Waals surface area contributed by atoms with Crippen LogP contribution in [0.15, 0.2) is 85.2 Å². The molecule has 0 unspecified atom stereocenters. The van der Waals surface area contributed by atoms with Crippen molar-refractivity contribution in [3.8, 4) is 11.1 Å². The Balaban J connectivity index is 1.82. The zero-order chi connectivity index (χ0) is 16.1. The molecule has 0 radical (unpaired) electrons. The molecule has 2 aromatic carbocycles. The number of hydrogen-bond acceptors (Lipinski definition) is 3. The van der Waals surface area contributed by atoms with Gasteiger partial charge in [0, 0.05) is 18.1 Å². The van der Waals surface area contributed by atoms with Crippen LogP contribution in [0.25, 0.3) is 16.8 Å². The minimum Gasteiger partial charge on any atom is -0.398 e. The average Bonchev–Trinajstić information content (AvgIpc) is 2.63. The molecule has 0 aliphatic carbocycles. The van der Waals surface area contributed by atoms with Crippen molar-refractivity contribution in [2.75, 3.05) is 0 Å². The second kappa shape index (κ2) is 6.71. The van der Waals surface area contributed by atoms with Crippen LogP contribution in [-0.4, -0.2) is 10.7 Å². The van der Waals surface area contributed by atoms with Crippen LogP contribution in [0.3, 0.4) is 0 Å². The van der Waals surface area contributed by atoms with Crippen LogP contribution >= 0.6 is 0 Å². The SMILES string of the molecule is N=C(/C=C(\N)c1ccc(-c2cccnc2)cc1)c1ccccc1. The number of hydrogen-bond donors (Lipinski definition) is 2. The quantitative estimate of drug-likeness (QED) is 0.712. The van der Waals surface area contributed by atoms with Gasteiger partial charge in [0.2, 0.25) is 0 Å². The fourth-order valence-corrected chi connectivity index (χ4v) is 2.33. The first-order valence-corrected chi connectivity index (χ1v) is 7.36. The Morgan fingerprint density at radius 1 is 0.826 bits per heavy atom. The lowest BCUT2D eigenvalue weighted by Gasteiger charge is -2.06. The summed E-state index contributed by atoms with van der Waals surface area (Å²) in [5.74, 6) is 0. The zero-order valence-electron chi connectivity index (χ0n) is 12.6. The smallest absolute Gasteiger partial charge is 0.0632 e. The second-order valence-electron chi connectivity index (χ2n) is 5.20. The molecule has 23 heavy (non-hydrogen) atoms. The number of rotatable bonds is 4. The molecule has 0 fully saturated rings. The Morgan fingerprint density at radius 3 is 2.22 bits per heavy atom. The molecule has 0 aliphatic heterocycles. The van der Waals surface area contributed by atoms with Crippen LogP contribution in [0.4, 0.5) is 0 Å². The van der Waals surface area contributed by atoms with Crippen molar-refractivity contribution in [2.45, 2.75) is 0 Å². The van der Waals surface area contributed by atoms with E-state index in [9.17, 15) is 0 Å². The van der Waals surface area contributed by atoms with Crippen molar-refractivity contribution < 1.29 is 0 Å². The van der Waals surface area contributed by atoms with Gasteiger partial charge in [-0.15, -0.1) is 0 Å². The summed E-state index contributed by atoms with van der Waals surface area (Å²) in [7, 11) is 0. The number of nitrogens with two attached hydrogens (primary N) is 1. The van der Waals surface area contributed by atoms with E-state index in [1.54, 1.807) is 12.3 Å². The van der Waals surface area contributed by atoms with Crippen molar-refractivity contribution in [3.05, 3.63) is 96.3 Å². The molecule has 3 heteroatoms. The summed E-state index contributed by atoms with van der Waals surface area (Å²) < 4.78 is 0. The second-order valence-corrected chi connectivity index (χ2v) is 5.20. The Morgan fingerprint density at radius 2 is 1.57 bits per heavy atom. The van der Waals surface area contributed by atoms with Crippen LogP contribution in [0.2, 0.25) is 0 Å². The molecule has 0 aliphatic rings. The highest BCUT2D eigenvalue weighted by molar-refractivity contribution is 6.10. The van der Waals surface area contributed by atoms with Gasteiger partial charge in [0.15, 0.2) is 0 Å². The van der Waals surface area contributed by atoms with Gasteiger partial charge in [-0.2, -0.15) is 0 Å². The van der Waals surface area contributed by atoms with Gasteiger partial charge in [-0.1, -0.05) is 60.7 Å². The van der Waals surface area contributed by atoms with E-state index in [1.165, 1.54) is 0 Å². The highest BCUT2D eigenvalue weighted by atomic mass is 14.6. The molecule has 0 bridgehead atoms. The molecule has 0 amide bonds. The highest BCUT2D eigenvalue weighted by Gasteiger charge is 2.02. The summed E-state index contributed by atoms with van der Waals surface area (Å²) in [4.78, 5) is 4.13. The lowest BCUT2D eigenvalue weighted by Crippen LogP contribution is -2.02. The molecular formula is C20H17N3. The largest absolute Gasteiger partial charge is 0.398 e. The number of nitrogens with one attached hydrogen (secondary N) is 1. The topological polar surface area (TPSA) is 62.8 Å². The molecule has 0 saturated heterocycles. The van der Waals surface area contributed by atoms with Gasteiger partial charge in [0.1, 0.15) is 0 Å². The monoisotopic (exact) mass is 299 g/mol. The maximum absolute atomic E-state index is 8.12. The maximum atomic E-state index is 8.12. The summed E-state index contributed by atoms with van der Waals surface area (Å²) in [5, 5.41) is 8.12. The third-order valence-electron chi connectivity index (χ3n) is 3.60. The van der Waals surface area contributed by atoms with E-state index in [-0.39, 0.29) is 0 Å². The van der Waals surface area contributed by atoms with Crippen molar-refractivity contribution in [3.63, 3.8) is 0 Å². The lowest BCUT2D eigenvalue weighted by molar-refractivity contribution is 1.33. The summed E-state index contributed by atoms with van der Waals surface area (Å²) in [5.41, 5.74) is 11.0. The number of aromatic nitrogens is 1. The Kier molecular flexibility index (Phi) is 4.29. The summed E-state index contributed by atoms with van der Waals surface area (Å²) >= 11 is 0. The Labute approximate surface area is 135 Å². The van der Waals surface area contributed by atoms with Gasteiger partial charge in [-0.25, -0.2) is 0 Å². The molecule has 112 valence electrons. The van der Waals surface area contributed by atoms with Crippen LogP contribution in [-0.2, 0) is 0 Å². The fourth-order valence-electron chi connectivity index (χ4n) is 2.33. The lowest BCUT2D eigenvalue weighted by atomic mass is 10.0. The van der Waals surface area contributed by atoms with Gasteiger partial charge in [0.25, 0.3) is 0 Å². The molecule has 1 aromatic heterocycles. The van der Waals surface area contributed by atoms with Crippen molar-refractivity contribution >= 4 is 11.4 Å². The van der Waals surface area contributed by atoms with Crippen LogP contribution in [0.5, 0.6) is 0 Å². The van der Waals surface area contributed by atoms with Crippen LogP contribution in [0.1, 0.15) is 11.1 Å². The molecule has 3 N–H and O–H groups in total. The predicted molar refractivity (Wildman–Crippen MR) is 95.1 cm³/mol. The number of allylic oxidation sites excluding steroid dienone is 1. The van der Waals surface area contributed by atoms with E-state index >= 15 is 0 Å². The molecule has 1 heterocycles. The van der Waals surface area contributed by atoms with Crippen molar-refractivity contribution in [1.82, 2.24) is 4.98 Å². The number of benzene rings is 2. The summed E-state index contributed by atoms with van der Waals surface area (Å²) in [6.45, 7) is 0. The standard InChI is InChI=1S/C20H17N3/c21-19(16-5-2-1-3-6-16)13-20(22)17-10-8-15(9-11-17)18-7-4-12-23-14-18/h1-14,21H,22H2/b20-13-,21-19?. The average molecular weight is 299 g/mol. The first-order chi connectivity index (χ1) is 11.2. The number of pyridine rings is 1. The zero-order valence-corrected chi connectivity index (χ0v) is 12.6. The third-order valence-corrected chi connectivity index (χ3v) is 3.60. The van der Waals surface area contributed by atoms with Gasteiger partial charge in [-0.05, 0) is 34.4 Å². The highest BCUT2D eigenvalue weighted by Crippen LogP contribution is 2.20. The Hall–Kier alpha value is -3.20. The van der Waals surface area contributed by atoms with E-state index in [0.29, 0.717) is 11.4 Å². The van der Waals surface area contributed by atoms with Gasteiger partial charge in [-0.3, -0.25) is 4.98 Å². The first kappa shape index (κ1) is 14.7. The van der Waals surface area contributed by atoms with Crippen molar-refractivity contribution in [2.24, 2.45) is 5.73 Å². The van der Waals surface area contributed by atoms with E-state index < -0.39 is 0 Å². The van der Waals surface area contributed by atoms with E-state index in [1.807, 2.05) is 72.9 Å². The van der Waals surface area contributed by atoms with E-state index in [0.717, 1.165) is 22.3 Å². The predicted octanol–water partition coefficient (Wildman–Crippen LogP) is 4.12. The summed E-state index contributed by atoms with van der Waals surface area (Å²) in [6.07, 6.45) is 5.28. The van der Waals surface area contributed by atoms with Gasteiger partial charge >= 0.3 is 0 Å². The molecule has 3 nitrogen and oxygen atoms in total.